The molecule has 1 unspecified atom stereocenters. The molecule has 0 aliphatic heterocycles. The molecule has 2 heteroatoms. The first-order valence-corrected chi connectivity index (χ1v) is 5.69. The Labute approximate surface area is 94.7 Å². The van der Waals surface area contributed by atoms with Crippen molar-refractivity contribution in [3.63, 3.8) is 0 Å². The minimum atomic E-state index is -0.917. The fourth-order valence-electron chi connectivity index (χ4n) is 0.958. The SMILES string of the molecule is CCN(CC)CC#CC(C)(O)C(C)(C)C. The van der Waals surface area contributed by atoms with Gasteiger partial charge >= 0.3 is 0 Å². The maximum absolute atomic E-state index is 10.1. The molecule has 0 saturated carbocycles. The van der Waals surface area contributed by atoms with Crippen LogP contribution < -0.4 is 0 Å². The lowest BCUT2D eigenvalue weighted by molar-refractivity contribution is 0.0127. The predicted octanol–water partition coefficient (Wildman–Crippen LogP) is 2.13. The molecule has 88 valence electrons. The summed E-state index contributed by atoms with van der Waals surface area (Å²) in [6, 6.07) is 0. The largest absolute Gasteiger partial charge is 0.377 e. The Morgan fingerprint density at radius 3 is 1.87 bits per heavy atom. The topological polar surface area (TPSA) is 23.5 Å². The first-order chi connectivity index (χ1) is 6.74. The summed E-state index contributed by atoms with van der Waals surface area (Å²) >= 11 is 0. The van der Waals surface area contributed by atoms with Crippen molar-refractivity contribution in [1.29, 1.82) is 0 Å². The number of hydrogen-bond acceptors (Lipinski definition) is 2. The van der Waals surface area contributed by atoms with Crippen LogP contribution in [0.3, 0.4) is 0 Å². The first kappa shape index (κ1) is 14.5. The highest BCUT2D eigenvalue weighted by atomic mass is 16.3. The quantitative estimate of drug-likeness (QED) is 0.723. The van der Waals surface area contributed by atoms with Gasteiger partial charge in [0.05, 0.1) is 6.54 Å². The van der Waals surface area contributed by atoms with E-state index >= 15 is 0 Å². The maximum Gasteiger partial charge on any atom is 0.127 e. The van der Waals surface area contributed by atoms with Crippen LogP contribution >= 0.6 is 0 Å². The van der Waals surface area contributed by atoms with E-state index in [-0.39, 0.29) is 5.41 Å². The van der Waals surface area contributed by atoms with E-state index in [1.807, 2.05) is 20.8 Å². The zero-order valence-corrected chi connectivity index (χ0v) is 11.0. The Kier molecular flexibility index (Phi) is 5.34. The second-order valence-corrected chi connectivity index (χ2v) is 5.09. The van der Waals surface area contributed by atoms with Crippen LogP contribution in [0.5, 0.6) is 0 Å². The van der Waals surface area contributed by atoms with Crippen LogP contribution in [0.2, 0.25) is 0 Å². The second-order valence-electron chi connectivity index (χ2n) is 5.09. The van der Waals surface area contributed by atoms with E-state index in [2.05, 4.69) is 30.6 Å². The molecule has 0 fully saturated rings. The molecular formula is C13H25NO. The molecule has 0 aliphatic carbocycles. The van der Waals surface area contributed by atoms with Crippen LogP contribution in [0.15, 0.2) is 0 Å². The Morgan fingerprint density at radius 1 is 1.07 bits per heavy atom. The van der Waals surface area contributed by atoms with E-state index in [0.29, 0.717) is 0 Å². The van der Waals surface area contributed by atoms with Crippen molar-refractivity contribution in [1.82, 2.24) is 4.90 Å². The van der Waals surface area contributed by atoms with Gasteiger partial charge in [-0.15, -0.1) is 0 Å². The van der Waals surface area contributed by atoms with Crippen LogP contribution in [0.25, 0.3) is 0 Å². The number of hydrogen-bond donors (Lipinski definition) is 1. The number of nitrogens with zero attached hydrogens (tertiary/aromatic N) is 1. The molecule has 0 aromatic carbocycles. The molecular weight excluding hydrogens is 186 g/mol. The van der Waals surface area contributed by atoms with Gasteiger partial charge in [-0.1, -0.05) is 46.5 Å². The monoisotopic (exact) mass is 211 g/mol. The normalized spacial score (nSPS) is 15.7. The zero-order chi connectivity index (χ0) is 12.1. The van der Waals surface area contributed by atoms with Gasteiger partial charge in [0.15, 0.2) is 0 Å². The van der Waals surface area contributed by atoms with Gasteiger partial charge in [0.25, 0.3) is 0 Å². The summed E-state index contributed by atoms with van der Waals surface area (Å²) in [5.74, 6) is 6.02. The third kappa shape index (κ3) is 4.68. The molecule has 1 atom stereocenters. The summed E-state index contributed by atoms with van der Waals surface area (Å²) in [4.78, 5) is 2.23. The summed E-state index contributed by atoms with van der Waals surface area (Å²) < 4.78 is 0. The van der Waals surface area contributed by atoms with Gasteiger partial charge in [0.1, 0.15) is 5.60 Å². The van der Waals surface area contributed by atoms with Crippen LogP contribution in [-0.2, 0) is 0 Å². The average Bonchev–Trinajstić information content (AvgIpc) is 2.10. The van der Waals surface area contributed by atoms with Crippen molar-refractivity contribution < 1.29 is 5.11 Å². The van der Waals surface area contributed by atoms with Crippen LogP contribution in [0.4, 0.5) is 0 Å². The predicted molar refractivity (Wildman–Crippen MR) is 65.6 cm³/mol. The van der Waals surface area contributed by atoms with Gasteiger partial charge < -0.3 is 5.11 Å². The molecule has 0 rings (SSSR count). The van der Waals surface area contributed by atoms with E-state index in [0.717, 1.165) is 19.6 Å². The molecule has 0 heterocycles. The van der Waals surface area contributed by atoms with Gasteiger partial charge in [-0.25, -0.2) is 0 Å². The molecule has 0 spiro atoms. The highest BCUT2D eigenvalue weighted by Gasteiger charge is 2.33. The van der Waals surface area contributed by atoms with E-state index in [9.17, 15) is 5.11 Å². The van der Waals surface area contributed by atoms with Gasteiger partial charge in [-0.05, 0) is 20.0 Å². The summed E-state index contributed by atoms with van der Waals surface area (Å²) in [6.07, 6.45) is 0. The van der Waals surface area contributed by atoms with Crippen molar-refractivity contribution in [2.75, 3.05) is 19.6 Å². The van der Waals surface area contributed by atoms with Crippen molar-refractivity contribution in [2.45, 2.75) is 47.1 Å². The highest BCUT2D eigenvalue weighted by Crippen LogP contribution is 2.28. The van der Waals surface area contributed by atoms with Gasteiger partial charge in [0.2, 0.25) is 0 Å². The molecule has 2 nitrogen and oxygen atoms in total. The summed E-state index contributed by atoms with van der Waals surface area (Å²) in [6.45, 7) is 14.8. The standard InChI is InChI=1S/C13H25NO/c1-7-14(8-2)11-9-10-13(6,15)12(3,4)5/h15H,7-8,11H2,1-6H3. The molecule has 0 saturated heterocycles. The van der Waals surface area contributed by atoms with Gasteiger partial charge in [-0.3, -0.25) is 4.90 Å². The van der Waals surface area contributed by atoms with E-state index in [4.69, 9.17) is 0 Å². The minimum Gasteiger partial charge on any atom is -0.377 e. The number of rotatable bonds is 3. The lowest BCUT2D eigenvalue weighted by Crippen LogP contribution is -2.38. The van der Waals surface area contributed by atoms with Crippen molar-refractivity contribution in [3.05, 3.63) is 0 Å². The Morgan fingerprint density at radius 2 is 1.53 bits per heavy atom. The smallest absolute Gasteiger partial charge is 0.127 e. The lowest BCUT2D eigenvalue weighted by atomic mass is 9.78. The summed E-state index contributed by atoms with van der Waals surface area (Å²) in [7, 11) is 0. The molecule has 0 radical (unpaired) electrons. The molecule has 0 aliphatic rings. The zero-order valence-electron chi connectivity index (χ0n) is 11.0. The van der Waals surface area contributed by atoms with Crippen molar-refractivity contribution in [2.24, 2.45) is 5.41 Å². The fraction of sp³-hybridized carbons (Fsp3) is 0.846. The molecule has 0 aromatic heterocycles. The van der Waals surface area contributed by atoms with E-state index in [1.165, 1.54) is 0 Å². The molecule has 0 aromatic rings. The van der Waals surface area contributed by atoms with Gasteiger partial charge in [-0.2, -0.15) is 0 Å². The van der Waals surface area contributed by atoms with E-state index < -0.39 is 5.60 Å². The van der Waals surface area contributed by atoms with Crippen molar-refractivity contribution >= 4 is 0 Å². The van der Waals surface area contributed by atoms with Crippen LogP contribution in [-0.4, -0.2) is 35.2 Å². The minimum absolute atomic E-state index is 0.205. The van der Waals surface area contributed by atoms with E-state index in [1.54, 1.807) is 6.92 Å². The molecule has 0 bridgehead atoms. The molecule has 0 amide bonds. The highest BCUT2D eigenvalue weighted by molar-refractivity contribution is 5.16. The molecule has 1 N–H and O–H groups in total. The molecule has 15 heavy (non-hydrogen) atoms. The van der Waals surface area contributed by atoms with Crippen LogP contribution in [0, 0.1) is 17.3 Å². The Balaban J connectivity index is 4.40. The van der Waals surface area contributed by atoms with Gasteiger partial charge in [0, 0.05) is 5.41 Å². The Bertz CT molecular complexity index is 235. The maximum atomic E-state index is 10.1. The van der Waals surface area contributed by atoms with Crippen LogP contribution in [0.1, 0.15) is 41.5 Å². The summed E-state index contributed by atoms with van der Waals surface area (Å²) in [5, 5.41) is 10.1. The third-order valence-corrected chi connectivity index (χ3v) is 2.99. The Hall–Kier alpha value is -0.520. The second kappa shape index (κ2) is 5.53. The lowest BCUT2D eigenvalue weighted by Gasteiger charge is -2.32. The van der Waals surface area contributed by atoms with Crippen molar-refractivity contribution in [3.8, 4) is 11.8 Å². The fourth-order valence-corrected chi connectivity index (χ4v) is 0.958. The third-order valence-electron chi connectivity index (χ3n) is 2.99. The summed E-state index contributed by atoms with van der Waals surface area (Å²) in [5.41, 5.74) is -1.12. The average molecular weight is 211 g/mol. The number of aliphatic hydroxyl groups is 1. The first-order valence-electron chi connectivity index (χ1n) is 5.69.